The Morgan fingerprint density at radius 3 is 1.10 bits per heavy atom. The van der Waals surface area contributed by atoms with Gasteiger partial charge < -0.3 is 9.32 Å². The molecule has 0 atom stereocenters. The lowest BCUT2D eigenvalue weighted by molar-refractivity contribution is 0.632. The van der Waals surface area contributed by atoms with Crippen molar-refractivity contribution < 1.29 is 4.42 Å². The third-order valence-corrected chi connectivity index (χ3v) is 9.48. The minimum atomic E-state index is 0.879. The Bertz CT molecular complexity index is 2400. The Balaban J connectivity index is 1.02. The van der Waals surface area contributed by atoms with E-state index in [1.54, 1.807) is 0 Å². The first-order valence-electron chi connectivity index (χ1n) is 17.0. The number of rotatable bonds is 7. The van der Waals surface area contributed by atoms with E-state index in [0.29, 0.717) is 0 Å². The molecular formula is C48H33NO. The number of anilines is 3. The highest BCUT2D eigenvalue weighted by Gasteiger charge is 2.14. The van der Waals surface area contributed by atoms with Crippen LogP contribution < -0.4 is 4.90 Å². The van der Waals surface area contributed by atoms with E-state index in [1.807, 2.05) is 0 Å². The number of hydrogen-bond donors (Lipinski definition) is 0. The maximum absolute atomic E-state index is 6.29. The highest BCUT2D eigenvalue weighted by Crippen LogP contribution is 2.38. The molecule has 0 spiro atoms. The molecule has 236 valence electrons. The molecule has 0 fully saturated rings. The second-order valence-electron chi connectivity index (χ2n) is 12.6. The van der Waals surface area contributed by atoms with Crippen LogP contribution in [0.15, 0.2) is 205 Å². The summed E-state index contributed by atoms with van der Waals surface area (Å²) >= 11 is 0. The molecule has 0 N–H and O–H groups in total. The number of nitrogens with zero attached hydrogens (tertiary/aromatic N) is 1. The van der Waals surface area contributed by atoms with Crippen molar-refractivity contribution >= 4 is 38.8 Å². The van der Waals surface area contributed by atoms with Crippen molar-refractivity contribution in [2.24, 2.45) is 0 Å². The van der Waals surface area contributed by atoms with Crippen LogP contribution in [0.2, 0.25) is 0 Å². The van der Waals surface area contributed by atoms with Gasteiger partial charge in [-0.2, -0.15) is 0 Å². The fraction of sp³-hybridized carbons (Fsp3) is 0. The minimum Gasteiger partial charge on any atom is -0.456 e. The quantitative estimate of drug-likeness (QED) is 0.173. The van der Waals surface area contributed by atoms with Crippen LogP contribution in [0, 0.1) is 0 Å². The van der Waals surface area contributed by atoms with Crippen molar-refractivity contribution in [3.05, 3.63) is 200 Å². The molecule has 0 aliphatic heterocycles. The van der Waals surface area contributed by atoms with Gasteiger partial charge in [-0.1, -0.05) is 146 Å². The molecule has 2 heteroatoms. The van der Waals surface area contributed by atoms with E-state index in [2.05, 4.69) is 205 Å². The summed E-state index contributed by atoms with van der Waals surface area (Å²) in [4.78, 5) is 2.32. The van der Waals surface area contributed by atoms with Crippen molar-refractivity contribution in [1.82, 2.24) is 0 Å². The van der Waals surface area contributed by atoms with Crippen LogP contribution in [0.3, 0.4) is 0 Å². The Morgan fingerprint density at radius 2 is 0.640 bits per heavy atom. The van der Waals surface area contributed by atoms with Gasteiger partial charge in [-0.3, -0.25) is 0 Å². The Kier molecular flexibility index (Phi) is 7.53. The first kappa shape index (κ1) is 29.5. The third kappa shape index (κ3) is 5.74. The lowest BCUT2D eigenvalue weighted by atomic mass is 10.0. The Hall–Kier alpha value is -6.64. The molecule has 0 aliphatic carbocycles. The molecule has 0 saturated carbocycles. The van der Waals surface area contributed by atoms with Gasteiger partial charge in [0.25, 0.3) is 0 Å². The lowest BCUT2D eigenvalue weighted by Gasteiger charge is -2.26. The summed E-state index contributed by atoms with van der Waals surface area (Å²) in [6, 6.07) is 71.1. The molecular weight excluding hydrogens is 607 g/mol. The summed E-state index contributed by atoms with van der Waals surface area (Å²) in [7, 11) is 0. The van der Waals surface area contributed by atoms with Gasteiger partial charge in [0.05, 0.1) is 0 Å². The van der Waals surface area contributed by atoms with E-state index < -0.39 is 0 Å². The predicted octanol–water partition coefficient (Wildman–Crippen LogP) is 13.7. The summed E-state index contributed by atoms with van der Waals surface area (Å²) in [6.45, 7) is 0. The van der Waals surface area contributed by atoms with E-state index in [1.165, 1.54) is 33.0 Å². The number of furan rings is 1. The molecule has 50 heavy (non-hydrogen) atoms. The molecule has 0 aliphatic rings. The van der Waals surface area contributed by atoms with Crippen LogP contribution in [-0.2, 0) is 0 Å². The third-order valence-electron chi connectivity index (χ3n) is 9.48. The molecule has 0 unspecified atom stereocenters. The van der Waals surface area contributed by atoms with Gasteiger partial charge in [-0.25, -0.2) is 0 Å². The van der Waals surface area contributed by atoms with Gasteiger partial charge in [0.15, 0.2) is 0 Å². The SMILES string of the molecule is c1ccc(-c2ccc(N(c3ccc(-c4ccccc4)cc3)c3ccc(-c4ccc(-c5cc6cc7ccccc7cc6o5)cc4)cc3)cc2)cc1. The van der Waals surface area contributed by atoms with Crippen LogP contribution >= 0.6 is 0 Å². The number of hydrogen-bond acceptors (Lipinski definition) is 2. The van der Waals surface area contributed by atoms with Crippen LogP contribution in [0.4, 0.5) is 17.1 Å². The highest BCUT2D eigenvalue weighted by atomic mass is 16.3. The van der Waals surface area contributed by atoms with Crippen molar-refractivity contribution in [1.29, 1.82) is 0 Å². The first-order chi connectivity index (χ1) is 24.7. The summed E-state index contributed by atoms with van der Waals surface area (Å²) in [5, 5.41) is 3.53. The summed E-state index contributed by atoms with van der Waals surface area (Å²) in [5.41, 5.74) is 12.4. The fourth-order valence-electron chi connectivity index (χ4n) is 6.81. The van der Waals surface area contributed by atoms with Crippen LogP contribution in [0.5, 0.6) is 0 Å². The summed E-state index contributed by atoms with van der Waals surface area (Å²) in [6.07, 6.45) is 0. The zero-order valence-electron chi connectivity index (χ0n) is 27.4. The standard InChI is InChI=1S/C48H33NO/c1-3-9-34(10-4-1)37-19-25-44(26-20-37)49(45-27-21-38(22-28-45)35-11-5-2-6-12-35)46-29-23-39(24-30-46)36-15-17-40(18-16-36)47-33-43-31-41-13-7-8-14-42(41)32-48(43)50-47/h1-33H. The highest BCUT2D eigenvalue weighted by molar-refractivity contribution is 5.97. The summed E-state index contributed by atoms with van der Waals surface area (Å²) in [5.74, 6) is 0.879. The van der Waals surface area contributed by atoms with Crippen LogP contribution in [-0.4, -0.2) is 0 Å². The van der Waals surface area contributed by atoms with Crippen molar-refractivity contribution in [3.8, 4) is 44.7 Å². The van der Waals surface area contributed by atoms with Crippen LogP contribution in [0.1, 0.15) is 0 Å². The van der Waals surface area contributed by atoms with Gasteiger partial charge in [0.1, 0.15) is 11.3 Å². The van der Waals surface area contributed by atoms with Crippen molar-refractivity contribution in [2.45, 2.75) is 0 Å². The maximum Gasteiger partial charge on any atom is 0.135 e. The topological polar surface area (TPSA) is 16.4 Å². The Labute approximate surface area is 292 Å². The van der Waals surface area contributed by atoms with E-state index >= 15 is 0 Å². The average Bonchev–Trinajstić information content (AvgIpc) is 3.61. The lowest BCUT2D eigenvalue weighted by Crippen LogP contribution is -2.09. The number of benzene rings is 8. The molecule has 8 aromatic carbocycles. The van der Waals surface area contributed by atoms with E-state index in [9.17, 15) is 0 Å². The van der Waals surface area contributed by atoms with Gasteiger partial charge in [-0.05, 0) is 98.8 Å². The zero-order valence-corrected chi connectivity index (χ0v) is 27.4. The molecule has 9 aromatic rings. The molecule has 0 saturated heterocycles. The van der Waals surface area contributed by atoms with Crippen molar-refractivity contribution in [3.63, 3.8) is 0 Å². The normalized spacial score (nSPS) is 11.2. The smallest absolute Gasteiger partial charge is 0.135 e. The first-order valence-corrected chi connectivity index (χ1v) is 17.0. The molecule has 0 amide bonds. The number of fused-ring (bicyclic) bond motifs is 2. The molecule has 1 heterocycles. The second-order valence-corrected chi connectivity index (χ2v) is 12.6. The van der Waals surface area contributed by atoms with E-state index in [4.69, 9.17) is 4.42 Å². The summed E-state index contributed by atoms with van der Waals surface area (Å²) < 4.78 is 6.29. The Morgan fingerprint density at radius 1 is 0.280 bits per heavy atom. The van der Waals surface area contributed by atoms with E-state index in [-0.39, 0.29) is 0 Å². The van der Waals surface area contributed by atoms with Gasteiger partial charge in [0.2, 0.25) is 0 Å². The van der Waals surface area contributed by atoms with Crippen molar-refractivity contribution in [2.75, 3.05) is 4.90 Å². The fourth-order valence-corrected chi connectivity index (χ4v) is 6.81. The molecule has 0 bridgehead atoms. The second kappa shape index (κ2) is 12.8. The van der Waals surface area contributed by atoms with Crippen LogP contribution in [0.25, 0.3) is 66.4 Å². The van der Waals surface area contributed by atoms with E-state index in [0.717, 1.165) is 50.5 Å². The van der Waals surface area contributed by atoms with Gasteiger partial charge in [-0.15, -0.1) is 0 Å². The van der Waals surface area contributed by atoms with Gasteiger partial charge >= 0.3 is 0 Å². The zero-order chi connectivity index (χ0) is 33.3. The molecule has 9 rings (SSSR count). The predicted molar refractivity (Wildman–Crippen MR) is 210 cm³/mol. The molecule has 0 radical (unpaired) electrons. The monoisotopic (exact) mass is 639 g/mol. The molecule has 1 aromatic heterocycles. The largest absolute Gasteiger partial charge is 0.456 e. The average molecular weight is 640 g/mol. The maximum atomic E-state index is 6.29. The molecule has 2 nitrogen and oxygen atoms in total. The minimum absolute atomic E-state index is 0.879. The van der Waals surface area contributed by atoms with Gasteiger partial charge in [0, 0.05) is 28.0 Å².